The monoisotopic (exact) mass is 295 g/mol. The largest absolute Gasteiger partial charge is 0.299 e. The minimum atomic E-state index is 0.295. The average molecular weight is 296 g/mol. The van der Waals surface area contributed by atoms with Gasteiger partial charge in [-0.05, 0) is 60.9 Å². The van der Waals surface area contributed by atoms with Gasteiger partial charge in [-0.2, -0.15) is 0 Å². The summed E-state index contributed by atoms with van der Waals surface area (Å²) in [6.45, 7) is 16.7. The zero-order valence-corrected chi connectivity index (χ0v) is 15.2. The van der Waals surface area contributed by atoms with Gasteiger partial charge >= 0.3 is 0 Å². The molecule has 0 spiro atoms. The van der Waals surface area contributed by atoms with Crippen molar-refractivity contribution in [2.24, 2.45) is 0 Å². The van der Waals surface area contributed by atoms with Crippen molar-refractivity contribution in [1.29, 1.82) is 0 Å². The molecule has 1 aliphatic carbocycles. The van der Waals surface area contributed by atoms with Gasteiger partial charge < -0.3 is 0 Å². The Kier molecular flexibility index (Phi) is 5.72. The van der Waals surface area contributed by atoms with Gasteiger partial charge in [0.1, 0.15) is 0 Å². The molecule has 0 bridgehead atoms. The molecule has 3 nitrogen and oxygen atoms in total. The predicted molar refractivity (Wildman–Crippen MR) is 91.8 cm³/mol. The Morgan fingerprint density at radius 1 is 1.00 bits per heavy atom. The van der Waals surface area contributed by atoms with Crippen LogP contribution in [0.25, 0.3) is 0 Å². The number of piperazine rings is 1. The molecule has 124 valence electrons. The lowest BCUT2D eigenvalue weighted by Gasteiger charge is -2.47. The van der Waals surface area contributed by atoms with Crippen LogP contribution in [0.5, 0.6) is 0 Å². The quantitative estimate of drug-likeness (QED) is 0.792. The highest BCUT2D eigenvalue weighted by atomic mass is 15.3. The molecule has 3 heteroatoms. The molecule has 0 radical (unpaired) electrons. The van der Waals surface area contributed by atoms with Gasteiger partial charge in [0, 0.05) is 49.8 Å². The second-order valence-electron chi connectivity index (χ2n) is 8.42. The van der Waals surface area contributed by atoms with Crippen LogP contribution in [0.15, 0.2) is 0 Å². The van der Waals surface area contributed by atoms with Crippen LogP contribution in [0, 0.1) is 0 Å². The predicted octanol–water partition coefficient (Wildman–Crippen LogP) is 3.05. The van der Waals surface area contributed by atoms with Gasteiger partial charge in [-0.25, -0.2) is 0 Å². The van der Waals surface area contributed by atoms with Crippen molar-refractivity contribution in [1.82, 2.24) is 14.7 Å². The second kappa shape index (κ2) is 6.97. The van der Waals surface area contributed by atoms with E-state index in [9.17, 15) is 0 Å². The van der Waals surface area contributed by atoms with Gasteiger partial charge in [-0.15, -0.1) is 0 Å². The van der Waals surface area contributed by atoms with E-state index in [1.807, 2.05) is 0 Å². The molecule has 1 saturated heterocycles. The first-order valence-electron chi connectivity index (χ1n) is 9.00. The Hall–Kier alpha value is -0.120. The molecule has 0 aromatic carbocycles. The number of hydrogen-bond donors (Lipinski definition) is 0. The second-order valence-corrected chi connectivity index (χ2v) is 8.42. The summed E-state index contributed by atoms with van der Waals surface area (Å²) in [5.74, 6) is 0. The Balaban J connectivity index is 1.87. The Labute approximate surface area is 132 Å². The third-order valence-electron chi connectivity index (χ3n) is 5.82. The maximum atomic E-state index is 2.78. The highest BCUT2D eigenvalue weighted by Crippen LogP contribution is 2.30. The first-order valence-corrected chi connectivity index (χ1v) is 9.00. The number of hydrogen-bond acceptors (Lipinski definition) is 3. The van der Waals surface area contributed by atoms with Crippen LogP contribution >= 0.6 is 0 Å². The summed E-state index contributed by atoms with van der Waals surface area (Å²) in [4.78, 5) is 8.02. The van der Waals surface area contributed by atoms with Gasteiger partial charge in [0.25, 0.3) is 0 Å². The maximum Gasteiger partial charge on any atom is 0.0124 e. The van der Waals surface area contributed by atoms with E-state index in [4.69, 9.17) is 0 Å². The summed E-state index contributed by atoms with van der Waals surface area (Å²) in [6, 6.07) is 2.30. The van der Waals surface area contributed by atoms with Crippen molar-refractivity contribution < 1.29 is 0 Å². The highest BCUT2D eigenvalue weighted by Gasteiger charge is 2.33. The van der Waals surface area contributed by atoms with Crippen LogP contribution in [-0.2, 0) is 0 Å². The fourth-order valence-electron chi connectivity index (χ4n) is 3.99. The van der Waals surface area contributed by atoms with Gasteiger partial charge in [-0.1, -0.05) is 6.42 Å². The summed E-state index contributed by atoms with van der Waals surface area (Å²) in [7, 11) is 2.32. The fourth-order valence-corrected chi connectivity index (χ4v) is 3.99. The third kappa shape index (κ3) is 4.43. The Morgan fingerprint density at radius 3 is 2.14 bits per heavy atom. The van der Waals surface area contributed by atoms with E-state index in [1.54, 1.807) is 0 Å². The van der Waals surface area contributed by atoms with Gasteiger partial charge in [0.15, 0.2) is 0 Å². The van der Waals surface area contributed by atoms with Crippen molar-refractivity contribution in [3.8, 4) is 0 Å². The van der Waals surface area contributed by atoms with Crippen molar-refractivity contribution in [3.05, 3.63) is 0 Å². The number of nitrogens with zero attached hydrogens (tertiary/aromatic N) is 3. The van der Waals surface area contributed by atoms with E-state index in [0.717, 1.165) is 12.1 Å². The molecule has 1 heterocycles. The molecule has 0 unspecified atom stereocenters. The lowest BCUT2D eigenvalue weighted by atomic mass is 9.87. The maximum absolute atomic E-state index is 2.78. The van der Waals surface area contributed by atoms with Crippen molar-refractivity contribution in [3.63, 3.8) is 0 Å². The van der Waals surface area contributed by atoms with Crippen molar-refractivity contribution >= 4 is 0 Å². The molecule has 2 rings (SSSR count). The highest BCUT2D eigenvalue weighted by molar-refractivity contribution is 4.90. The standard InChI is InChI=1S/C18H37N3/c1-15(2)20-10-12-21(13-11-20)17-9-7-8-16(14-17)19(6)18(3,4)5/h15-17H,7-14H2,1-6H3/t16-,17+/m1/s1. The van der Waals surface area contributed by atoms with E-state index < -0.39 is 0 Å². The lowest BCUT2D eigenvalue weighted by molar-refractivity contribution is 0.0245. The van der Waals surface area contributed by atoms with E-state index in [-0.39, 0.29) is 0 Å². The fraction of sp³-hybridized carbons (Fsp3) is 1.00. The first kappa shape index (κ1) is 17.2. The SMILES string of the molecule is CC(C)N1CCN([C@H]2CCC[C@@H](N(C)C(C)(C)C)C2)CC1. The van der Waals surface area contributed by atoms with E-state index in [1.165, 1.54) is 51.9 Å². The van der Waals surface area contributed by atoms with Crippen LogP contribution in [0.1, 0.15) is 60.3 Å². The number of rotatable bonds is 3. The molecule has 2 fully saturated rings. The molecule has 0 aromatic rings. The molecule has 1 aliphatic heterocycles. The average Bonchev–Trinajstić information content (AvgIpc) is 2.45. The summed E-state index contributed by atoms with van der Waals surface area (Å²) in [5.41, 5.74) is 0.295. The van der Waals surface area contributed by atoms with Crippen LogP contribution in [0.3, 0.4) is 0 Å². The Bertz CT molecular complexity index is 313. The molecule has 0 N–H and O–H groups in total. The molecule has 21 heavy (non-hydrogen) atoms. The van der Waals surface area contributed by atoms with E-state index in [0.29, 0.717) is 11.6 Å². The van der Waals surface area contributed by atoms with Crippen LogP contribution < -0.4 is 0 Å². The molecule has 1 saturated carbocycles. The van der Waals surface area contributed by atoms with Crippen LogP contribution in [0.2, 0.25) is 0 Å². The molecular formula is C18H37N3. The first-order chi connectivity index (χ1) is 9.79. The molecule has 2 aliphatic rings. The van der Waals surface area contributed by atoms with Crippen LogP contribution in [-0.4, -0.2) is 71.6 Å². The summed E-state index contributed by atoms with van der Waals surface area (Å²) in [5, 5.41) is 0. The lowest BCUT2D eigenvalue weighted by Crippen LogP contribution is -2.55. The van der Waals surface area contributed by atoms with Crippen molar-refractivity contribution in [2.75, 3.05) is 33.2 Å². The third-order valence-corrected chi connectivity index (χ3v) is 5.82. The normalized spacial score (nSPS) is 30.3. The smallest absolute Gasteiger partial charge is 0.0124 e. The van der Waals surface area contributed by atoms with Gasteiger partial charge in [-0.3, -0.25) is 14.7 Å². The van der Waals surface area contributed by atoms with Crippen molar-refractivity contribution in [2.45, 2.75) is 84.0 Å². The summed E-state index contributed by atoms with van der Waals surface area (Å²) < 4.78 is 0. The molecule has 0 amide bonds. The topological polar surface area (TPSA) is 9.72 Å². The summed E-state index contributed by atoms with van der Waals surface area (Å²) >= 11 is 0. The molecule has 2 atom stereocenters. The minimum absolute atomic E-state index is 0.295. The van der Waals surface area contributed by atoms with E-state index >= 15 is 0 Å². The Morgan fingerprint density at radius 2 is 1.62 bits per heavy atom. The van der Waals surface area contributed by atoms with Gasteiger partial charge in [0.05, 0.1) is 0 Å². The van der Waals surface area contributed by atoms with Gasteiger partial charge in [0.2, 0.25) is 0 Å². The summed E-state index contributed by atoms with van der Waals surface area (Å²) in [6.07, 6.45) is 5.57. The van der Waals surface area contributed by atoms with Crippen LogP contribution in [0.4, 0.5) is 0 Å². The molecular weight excluding hydrogens is 258 g/mol. The van der Waals surface area contributed by atoms with E-state index in [2.05, 4.69) is 56.4 Å². The minimum Gasteiger partial charge on any atom is -0.299 e. The zero-order valence-electron chi connectivity index (χ0n) is 15.2. The molecule has 0 aromatic heterocycles. The zero-order chi connectivity index (χ0) is 15.6.